The zero-order chi connectivity index (χ0) is 15.8. The standard InChI is InChI=1S/C20H34O2/c1-4-14-21-19-10-6-17(7-11-19)16(3)18-8-12-20(13-9-18)22-15-5-2/h4-5,16-20H,1-2,6-15H2,3H3. The second-order valence-electron chi connectivity index (χ2n) is 7.18. The van der Waals surface area contributed by atoms with Crippen LogP contribution in [-0.4, -0.2) is 25.4 Å². The summed E-state index contributed by atoms with van der Waals surface area (Å²) in [7, 11) is 0. The summed E-state index contributed by atoms with van der Waals surface area (Å²) in [5.41, 5.74) is 0. The largest absolute Gasteiger partial charge is 0.374 e. The normalized spacial score (nSPS) is 34.0. The van der Waals surface area contributed by atoms with Crippen LogP contribution in [0.5, 0.6) is 0 Å². The first-order chi connectivity index (χ1) is 10.7. The molecule has 126 valence electrons. The van der Waals surface area contributed by atoms with E-state index in [2.05, 4.69) is 20.1 Å². The van der Waals surface area contributed by atoms with E-state index >= 15 is 0 Å². The summed E-state index contributed by atoms with van der Waals surface area (Å²) in [5.74, 6) is 2.67. The molecule has 0 heterocycles. The molecule has 0 bridgehead atoms. The van der Waals surface area contributed by atoms with Crippen LogP contribution in [0.4, 0.5) is 0 Å². The summed E-state index contributed by atoms with van der Waals surface area (Å²) in [6.07, 6.45) is 15.0. The highest BCUT2D eigenvalue weighted by Crippen LogP contribution is 2.40. The van der Waals surface area contributed by atoms with Crippen molar-refractivity contribution in [3.63, 3.8) is 0 Å². The molecule has 2 heteroatoms. The van der Waals surface area contributed by atoms with E-state index in [0.29, 0.717) is 25.4 Å². The molecule has 2 rings (SSSR count). The predicted molar refractivity (Wildman–Crippen MR) is 93.0 cm³/mol. The summed E-state index contributed by atoms with van der Waals surface area (Å²) in [6, 6.07) is 0. The minimum atomic E-state index is 0.476. The smallest absolute Gasteiger partial charge is 0.0648 e. The number of hydrogen-bond acceptors (Lipinski definition) is 2. The van der Waals surface area contributed by atoms with Crippen molar-refractivity contribution < 1.29 is 9.47 Å². The van der Waals surface area contributed by atoms with Gasteiger partial charge in [-0.1, -0.05) is 19.1 Å². The van der Waals surface area contributed by atoms with Gasteiger partial charge in [0.05, 0.1) is 25.4 Å². The van der Waals surface area contributed by atoms with Crippen LogP contribution >= 0.6 is 0 Å². The molecule has 2 aliphatic rings. The third-order valence-corrected chi connectivity index (χ3v) is 5.82. The molecule has 0 spiro atoms. The van der Waals surface area contributed by atoms with Gasteiger partial charge >= 0.3 is 0 Å². The first-order valence-corrected chi connectivity index (χ1v) is 9.19. The molecule has 0 N–H and O–H groups in total. The summed E-state index contributed by atoms with van der Waals surface area (Å²) >= 11 is 0. The summed E-state index contributed by atoms with van der Waals surface area (Å²) in [5, 5.41) is 0. The van der Waals surface area contributed by atoms with Crippen molar-refractivity contribution in [2.45, 2.75) is 70.5 Å². The molecule has 2 fully saturated rings. The molecule has 22 heavy (non-hydrogen) atoms. The van der Waals surface area contributed by atoms with E-state index in [1.165, 1.54) is 51.4 Å². The monoisotopic (exact) mass is 306 g/mol. The Morgan fingerprint density at radius 2 is 1.14 bits per heavy atom. The minimum Gasteiger partial charge on any atom is -0.374 e. The highest BCUT2D eigenvalue weighted by atomic mass is 16.5. The molecule has 0 amide bonds. The van der Waals surface area contributed by atoms with Gasteiger partial charge in [0.1, 0.15) is 0 Å². The van der Waals surface area contributed by atoms with Gasteiger partial charge in [0.25, 0.3) is 0 Å². The Bertz CT molecular complexity index is 291. The van der Waals surface area contributed by atoms with Gasteiger partial charge in [-0.25, -0.2) is 0 Å². The van der Waals surface area contributed by atoms with Crippen molar-refractivity contribution in [2.24, 2.45) is 17.8 Å². The second kappa shape index (κ2) is 9.52. The predicted octanol–water partition coefficient (Wildman–Crippen LogP) is 5.15. The van der Waals surface area contributed by atoms with Gasteiger partial charge in [0, 0.05) is 0 Å². The van der Waals surface area contributed by atoms with Crippen molar-refractivity contribution in [3.8, 4) is 0 Å². The van der Waals surface area contributed by atoms with Crippen molar-refractivity contribution in [2.75, 3.05) is 13.2 Å². The van der Waals surface area contributed by atoms with E-state index in [1.54, 1.807) is 0 Å². The van der Waals surface area contributed by atoms with Gasteiger partial charge in [-0.3, -0.25) is 0 Å². The molecule has 2 nitrogen and oxygen atoms in total. The Kier molecular flexibility index (Phi) is 7.68. The quantitative estimate of drug-likeness (QED) is 0.578. The van der Waals surface area contributed by atoms with Crippen LogP contribution in [0.3, 0.4) is 0 Å². The lowest BCUT2D eigenvalue weighted by molar-refractivity contribution is 0.00384. The first-order valence-electron chi connectivity index (χ1n) is 9.19. The van der Waals surface area contributed by atoms with E-state index in [1.807, 2.05) is 12.2 Å². The van der Waals surface area contributed by atoms with Crippen LogP contribution < -0.4 is 0 Å². The summed E-state index contributed by atoms with van der Waals surface area (Å²) < 4.78 is 11.6. The fourth-order valence-corrected chi connectivity index (χ4v) is 4.36. The highest BCUT2D eigenvalue weighted by Gasteiger charge is 2.32. The Morgan fingerprint density at radius 1 is 0.773 bits per heavy atom. The molecule has 0 aromatic heterocycles. The van der Waals surface area contributed by atoms with Gasteiger partial charge in [0.15, 0.2) is 0 Å². The Balaban J connectivity index is 1.68. The SMILES string of the molecule is C=CCOC1CCC(C(C)C2CCC(OCC=C)CC2)CC1. The Morgan fingerprint density at radius 3 is 1.45 bits per heavy atom. The topological polar surface area (TPSA) is 18.5 Å². The Hall–Kier alpha value is -0.600. The van der Waals surface area contributed by atoms with Crippen LogP contribution in [-0.2, 0) is 9.47 Å². The number of hydrogen-bond donors (Lipinski definition) is 0. The van der Waals surface area contributed by atoms with Crippen molar-refractivity contribution >= 4 is 0 Å². The average molecular weight is 306 g/mol. The third kappa shape index (κ3) is 5.24. The van der Waals surface area contributed by atoms with Gasteiger partial charge in [0.2, 0.25) is 0 Å². The molecular formula is C20H34O2. The zero-order valence-corrected chi connectivity index (χ0v) is 14.3. The molecule has 0 unspecified atom stereocenters. The van der Waals surface area contributed by atoms with Crippen molar-refractivity contribution in [3.05, 3.63) is 25.3 Å². The summed E-state index contributed by atoms with van der Waals surface area (Å²) in [4.78, 5) is 0. The maximum absolute atomic E-state index is 5.81. The number of rotatable bonds is 8. The van der Waals surface area contributed by atoms with E-state index in [-0.39, 0.29) is 0 Å². The van der Waals surface area contributed by atoms with Gasteiger partial charge in [-0.2, -0.15) is 0 Å². The summed E-state index contributed by atoms with van der Waals surface area (Å²) in [6.45, 7) is 11.4. The van der Waals surface area contributed by atoms with Crippen LogP contribution in [0, 0.1) is 17.8 Å². The average Bonchev–Trinajstić information content (AvgIpc) is 2.58. The molecule has 2 saturated carbocycles. The fraction of sp³-hybridized carbons (Fsp3) is 0.800. The lowest BCUT2D eigenvalue weighted by Gasteiger charge is -2.39. The lowest BCUT2D eigenvalue weighted by atomic mass is 9.70. The molecular weight excluding hydrogens is 272 g/mol. The molecule has 0 atom stereocenters. The van der Waals surface area contributed by atoms with Crippen LogP contribution in [0.1, 0.15) is 58.3 Å². The van der Waals surface area contributed by atoms with E-state index in [0.717, 1.165) is 17.8 Å². The first kappa shape index (κ1) is 17.7. The molecule has 0 aromatic carbocycles. The van der Waals surface area contributed by atoms with E-state index in [4.69, 9.17) is 9.47 Å². The molecule has 0 radical (unpaired) electrons. The lowest BCUT2D eigenvalue weighted by Crippen LogP contribution is -2.31. The second-order valence-corrected chi connectivity index (χ2v) is 7.18. The van der Waals surface area contributed by atoms with Crippen molar-refractivity contribution in [1.82, 2.24) is 0 Å². The van der Waals surface area contributed by atoms with Crippen molar-refractivity contribution in [1.29, 1.82) is 0 Å². The highest BCUT2D eigenvalue weighted by molar-refractivity contribution is 4.84. The molecule has 0 aliphatic heterocycles. The van der Waals surface area contributed by atoms with Gasteiger partial charge in [-0.05, 0) is 69.1 Å². The maximum Gasteiger partial charge on any atom is 0.0648 e. The molecule has 2 aliphatic carbocycles. The zero-order valence-electron chi connectivity index (χ0n) is 14.3. The maximum atomic E-state index is 5.81. The Labute approximate surface area is 137 Å². The van der Waals surface area contributed by atoms with E-state index in [9.17, 15) is 0 Å². The van der Waals surface area contributed by atoms with Gasteiger partial charge in [-0.15, -0.1) is 13.2 Å². The van der Waals surface area contributed by atoms with E-state index < -0.39 is 0 Å². The minimum absolute atomic E-state index is 0.476. The van der Waals surface area contributed by atoms with Crippen LogP contribution in [0.25, 0.3) is 0 Å². The third-order valence-electron chi connectivity index (χ3n) is 5.82. The van der Waals surface area contributed by atoms with Crippen LogP contribution in [0.15, 0.2) is 25.3 Å². The molecule has 0 saturated heterocycles. The van der Waals surface area contributed by atoms with Crippen LogP contribution in [0.2, 0.25) is 0 Å². The fourth-order valence-electron chi connectivity index (χ4n) is 4.36. The molecule has 0 aromatic rings. The number of ether oxygens (including phenoxy) is 2. The van der Waals surface area contributed by atoms with Gasteiger partial charge < -0.3 is 9.47 Å².